The highest BCUT2D eigenvalue weighted by Crippen LogP contribution is 2.62. The van der Waals surface area contributed by atoms with Crippen LogP contribution < -0.4 is 4.90 Å². The van der Waals surface area contributed by atoms with Crippen LogP contribution in [0, 0.1) is 0 Å². The van der Waals surface area contributed by atoms with E-state index in [1.165, 1.54) is 89.1 Å². The van der Waals surface area contributed by atoms with Gasteiger partial charge in [0, 0.05) is 67.2 Å². The third-order valence-electron chi connectivity index (χ3n) is 12.3. The van der Waals surface area contributed by atoms with E-state index in [-0.39, 0.29) is 5.41 Å². The number of fused-ring (bicyclic) bond motifs is 15. The van der Waals surface area contributed by atoms with Crippen LogP contribution in [0.1, 0.15) is 48.6 Å². The largest absolute Gasteiger partial charge is 0.310 e. The highest BCUT2D eigenvalue weighted by molar-refractivity contribution is 7.99. The molecule has 0 bridgehead atoms. The Labute approximate surface area is 344 Å². The first-order valence-corrected chi connectivity index (χ1v) is 22.1. The fourth-order valence-corrected chi connectivity index (χ4v) is 13.3. The molecule has 4 heteroatoms. The van der Waals surface area contributed by atoms with Crippen LogP contribution in [0.4, 0.5) is 17.1 Å². The standard InChI is InChI=1S/C53H37NS3/c1-52(2,3)43-19-12-22-49-51(43)39-29-32(24-27-46(39)55-49)54(34-23-26-38-37-15-6-10-20-45(37)56-50(38)31-34)33-25-28-48-44(30-33)53(42-18-9-11-21-47(42)57-48)40-16-7-4-13-35(40)36-14-5-8-17-41(36)53/h4-31H,1-3H3. The van der Waals surface area contributed by atoms with Crippen molar-refractivity contribution >= 4 is 91.8 Å². The predicted molar refractivity (Wildman–Crippen MR) is 247 cm³/mol. The zero-order chi connectivity index (χ0) is 38.0. The second kappa shape index (κ2) is 12.2. The summed E-state index contributed by atoms with van der Waals surface area (Å²) in [5.41, 5.74) is 12.5. The summed E-state index contributed by atoms with van der Waals surface area (Å²) in [5.74, 6) is 0. The lowest BCUT2D eigenvalue weighted by Crippen LogP contribution is -2.32. The predicted octanol–water partition coefficient (Wildman–Crippen LogP) is 16.0. The van der Waals surface area contributed by atoms with E-state index in [4.69, 9.17) is 0 Å². The molecule has 12 rings (SSSR count). The molecule has 8 aromatic carbocycles. The molecule has 1 aliphatic carbocycles. The Morgan fingerprint density at radius 2 is 1.00 bits per heavy atom. The molecule has 0 saturated carbocycles. The summed E-state index contributed by atoms with van der Waals surface area (Å²) in [6.07, 6.45) is 0. The minimum absolute atomic E-state index is 0.0179. The highest BCUT2D eigenvalue weighted by Gasteiger charge is 2.50. The number of hydrogen-bond acceptors (Lipinski definition) is 4. The van der Waals surface area contributed by atoms with Gasteiger partial charge in [0.1, 0.15) is 0 Å². The van der Waals surface area contributed by atoms with Crippen LogP contribution in [0.5, 0.6) is 0 Å². The maximum absolute atomic E-state index is 2.52. The monoisotopic (exact) mass is 783 g/mol. The first-order valence-electron chi connectivity index (χ1n) is 19.7. The van der Waals surface area contributed by atoms with E-state index in [0.29, 0.717) is 0 Å². The van der Waals surface area contributed by atoms with Gasteiger partial charge in [-0.25, -0.2) is 0 Å². The maximum Gasteiger partial charge on any atom is 0.0736 e. The first kappa shape index (κ1) is 33.5. The summed E-state index contributed by atoms with van der Waals surface area (Å²) in [6, 6.07) is 64.4. The summed E-state index contributed by atoms with van der Waals surface area (Å²) in [7, 11) is 0. The van der Waals surface area contributed by atoms with Gasteiger partial charge >= 0.3 is 0 Å². The molecular formula is C53H37NS3. The molecule has 0 unspecified atom stereocenters. The van der Waals surface area contributed by atoms with Gasteiger partial charge in [0.2, 0.25) is 0 Å². The lowest BCUT2D eigenvalue weighted by molar-refractivity contribution is 0.596. The van der Waals surface area contributed by atoms with Crippen LogP contribution >= 0.6 is 34.4 Å². The molecule has 3 heterocycles. The number of benzene rings is 8. The topological polar surface area (TPSA) is 3.24 Å². The lowest BCUT2D eigenvalue weighted by Gasteiger charge is -2.40. The van der Waals surface area contributed by atoms with Crippen LogP contribution in [-0.2, 0) is 10.8 Å². The minimum atomic E-state index is -0.448. The molecule has 0 saturated heterocycles. The van der Waals surface area contributed by atoms with Gasteiger partial charge < -0.3 is 4.90 Å². The Bertz CT molecular complexity index is 3240. The van der Waals surface area contributed by atoms with Crippen molar-refractivity contribution in [1.82, 2.24) is 0 Å². The van der Waals surface area contributed by atoms with Gasteiger partial charge in [-0.1, -0.05) is 136 Å². The lowest BCUT2D eigenvalue weighted by atomic mass is 9.67. The Balaban J connectivity index is 1.15. The molecule has 2 aromatic heterocycles. The first-order chi connectivity index (χ1) is 27.9. The zero-order valence-electron chi connectivity index (χ0n) is 31.8. The van der Waals surface area contributed by atoms with Crippen molar-refractivity contribution in [3.63, 3.8) is 0 Å². The van der Waals surface area contributed by atoms with Gasteiger partial charge in [-0.15, -0.1) is 22.7 Å². The summed E-state index contributed by atoms with van der Waals surface area (Å²) in [5, 5.41) is 5.33. The smallest absolute Gasteiger partial charge is 0.0736 e. The van der Waals surface area contributed by atoms with Crippen molar-refractivity contribution in [2.24, 2.45) is 0 Å². The molecule has 0 atom stereocenters. The van der Waals surface area contributed by atoms with Crippen LogP contribution in [0.3, 0.4) is 0 Å². The number of hydrogen-bond donors (Lipinski definition) is 0. The quantitative estimate of drug-likeness (QED) is 0.176. The van der Waals surface area contributed by atoms with Crippen molar-refractivity contribution in [2.45, 2.75) is 41.4 Å². The Kier molecular flexibility index (Phi) is 7.15. The normalized spacial score (nSPS) is 13.9. The molecule has 2 aliphatic rings. The summed E-state index contributed by atoms with van der Waals surface area (Å²) in [4.78, 5) is 5.14. The fraction of sp³-hybridized carbons (Fsp3) is 0.0943. The molecule has 0 radical (unpaired) electrons. The van der Waals surface area contributed by atoms with Gasteiger partial charge in [-0.05, 0) is 111 Å². The summed E-state index contributed by atoms with van der Waals surface area (Å²) in [6.45, 7) is 7.00. The maximum atomic E-state index is 2.52. The molecule has 272 valence electrons. The van der Waals surface area contributed by atoms with E-state index in [2.05, 4.69) is 196 Å². The van der Waals surface area contributed by atoms with E-state index in [0.717, 1.165) is 17.1 Å². The van der Waals surface area contributed by atoms with E-state index in [1.54, 1.807) is 0 Å². The van der Waals surface area contributed by atoms with Crippen molar-refractivity contribution in [3.05, 3.63) is 198 Å². The number of anilines is 3. The van der Waals surface area contributed by atoms with Gasteiger partial charge in [-0.2, -0.15) is 0 Å². The molecule has 1 aliphatic heterocycles. The summed E-state index contributed by atoms with van der Waals surface area (Å²) >= 11 is 5.68. The van der Waals surface area contributed by atoms with Gasteiger partial charge in [-0.3, -0.25) is 0 Å². The summed E-state index contributed by atoms with van der Waals surface area (Å²) < 4.78 is 5.29. The molecule has 0 N–H and O–H groups in total. The zero-order valence-corrected chi connectivity index (χ0v) is 34.3. The Morgan fingerprint density at radius 3 is 1.81 bits per heavy atom. The van der Waals surface area contributed by atoms with Crippen LogP contribution in [0.2, 0.25) is 0 Å². The Morgan fingerprint density at radius 1 is 0.421 bits per heavy atom. The minimum Gasteiger partial charge on any atom is -0.310 e. The van der Waals surface area contributed by atoms with E-state index >= 15 is 0 Å². The average molecular weight is 784 g/mol. The average Bonchev–Trinajstić information content (AvgIpc) is 3.89. The second-order valence-electron chi connectivity index (χ2n) is 16.4. The van der Waals surface area contributed by atoms with E-state index < -0.39 is 5.41 Å². The molecule has 1 spiro atoms. The van der Waals surface area contributed by atoms with E-state index in [9.17, 15) is 0 Å². The van der Waals surface area contributed by atoms with Crippen molar-refractivity contribution < 1.29 is 0 Å². The Hall–Kier alpha value is -5.65. The van der Waals surface area contributed by atoms with Crippen molar-refractivity contribution in [2.75, 3.05) is 4.90 Å². The molecule has 10 aromatic rings. The number of thiophene rings is 2. The molecular weight excluding hydrogens is 747 g/mol. The SMILES string of the molecule is CC(C)(C)c1cccc2sc3ccc(N(c4ccc5c(c4)C4(c6ccccc6S5)c5ccccc5-c5ccccc54)c4ccc5c(c4)sc4ccccc45)cc3c12. The fourth-order valence-electron chi connectivity index (χ4n) is 9.86. The molecule has 57 heavy (non-hydrogen) atoms. The van der Waals surface area contributed by atoms with Crippen LogP contribution in [0.15, 0.2) is 180 Å². The third-order valence-corrected chi connectivity index (χ3v) is 15.7. The van der Waals surface area contributed by atoms with Crippen LogP contribution in [-0.4, -0.2) is 0 Å². The van der Waals surface area contributed by atoms with Crippen molar-refractivity contribution in [3.8, 4) is 11.1 Å². The van der Waals surface area contributed by atoms with Crippen molar-refractivity contribution in [1.29, 1.82) is 0 Å². The van der Waals surface area contributed by atoms with Gasteiger partial charge in [0.15, 0.2) is 0 Å². The molecule has 0 fully saturated rings. The number of rotatable bonds is 3. The van der Waals surface area contributed by atoms with Crippen LogP contribution in [0.25, 0.3) is 51.5 Å². The van der Waals surface area contributed by atoms with E-state index in [1.807, 2.05) is 34.4 Å². The molecule has 1 nitrogen and oxygen atoms in total. The van der Waals surface area contributed by atoms with Gasteiger partial charge in [0.05, 0.1) is 5.41 Å². The molecule has 0 amide bonds. The highest BCUT2D eigenvalue weighted by atomic mass is 32.2. The second-order valence-corrected chi connectivity index (χ2v) is 19.7. The number of nitrogens with zero attached hydrogens (tertiary/aromatic N) is 1. The van der Waals surface area contributed by atoms with Gasteiger partial charge in [0.25, 0.3) is 0 Å². The third kappa shape index (κ3) is 4.75.